The van der Waals surface area contributed by atoms with Crippen molar-refractivity contribution in [1.82, 2.24) is 10.1 Å². The summed E-state index contributed by atoms with van der Waals surface area (Å²) in [5.41, 5.74) is 2.30. The van der Waals surface area contributed by atoms with Gasteiger partial charge in [-0.15, -0.1) is 0 Å². The molecule has 1 unspecified atom stereocenters. The van der Waals surface area contributed by atoms with E-state index >= 15 is 0 Å². The summed E-state index contributed by atoms with van der Waals surface area (Å²) in [7, 11) is 3.17. The molecule has 0 radical (unpaired) electrons. The Morgan fingerprint density at radius 3 is 2.72 bits per heavy atom. The number of methoxy groups -OCH3 is 2. The molecule has 1 amide bonds. The number of amides is 1. The predicted octanol–water partition coefficient (Wildman–Crippen LogP) is 4.57. The lowest BCUT2D eigenvalue weighted by Crippen LogP contribution is -2.41. The zero-order chi connectivity index (χ0) is 22.7. The molecule has 2 heterocycles. The number of aromatic nitrogens is 2. The number of anilines is 2. The molecule has 1 fully saturated rings. The molecular formula is C23H25ClN4O4. The van der Waals surface area contributed by atoms with Crippen LogP contribution in [0.2, 0.25) is 5.02 Å². The van der Waals surface area contributed by atoms with Crippen molar-refractivity contribution in [1.29, 1.82) is 0 Å². The average molecular weight is 457 g/mol. The normalized spacial score (nSPS) is 16.0. The van der Waals surface area contributed by atoms with E-state index in [9.17, 15) is 4.79 Å². The van der Waals surface area contributed by atoms with E-state index in [1.54, 1.807) is 20.3 Å². The van der Waals surface area contributed by atoms with Crippen molar-refractivity contribution in [2.75, 3.05) is 37.5 Å². The van der Waals surface area contributed by atoms with Crippen molar-refractivity contribution in [2.45, 2.75) is 19.8 Å². The van der Waals surface area contributed by atoms with E-state index in [4.69, 9.17) is 25.6 Å². The maximum atomic E-state index is 13.0. The molecule has 2 aromatic carbocycles. The monoisotopic (exact) mass is 456 g/mol. The molecule has 1 aliphatic rings. The Bertz CT molecular complexity index is 1100. The number of carbonyl (C=O) groups excluding carboxylic acids is 1. The fourth-order valence-electron chi connectivity index (χ4n) is 3.73. The van der Waals surface area contributed by atoms with Gasteiger partial charge in [-0.25, -0.2) is 0 Å². The van der Waals surface area contributed by atoms with Crippen LogP contribution in [0.25, 0.3) is 11.4 Å². The van der Waals surface area contributed by atoms with Gasteiger partial charge in [0, 0.05) is 29.7 Å². The third-order valence-electron chi connectivity index (χ3n) is 5.56. The zero-order valence-corrected chi connectivity index (χ0v) is 19.0. The third kappa shape index (κ3) is 4.65. The topological polar surface area (TPSA) is 89.7 Å². The molecule has 8 nitrogen and oxygen atoms in total. The molecule has 0 bridgehead atoms. The minimum Gasteiger partial charge on any atom is -0.497 e. The van der Waals surface area contributed by atoms with Gasteiger partial charge in [-0.3, -0.25) is 4.79 Å². The summed E-state index contributed by atoms with van der Waals surface area (Å²) in [6.45, 7) is 3.12. The van der Waals surface area contributed by atoms with Crippen LogP contribution in [0.5, 0.6) is 11.5 Å². The van der Waals surface area contributed by atoms with E-state index in [1.165, 1.54) is 0 Å². The van der Waals surface area contributed by atoms with E-state index < -0.39 is 0 Å². The van der Waals surface area contributed by atoms with Crippen LogP contribution < -0.4 is 19.7 Å². The third-order valence-corrected chi connectivity index (χ3v) is 5.97. The van der Waals surface area contributed by atoms with Crippen LogP contribution in [0.15, 0.2) is 40.9 Å². The Hall–Kier alpha value is -3.26. The SMILES string of the molecule is COc1ccc(-c2noc(N3CCCC(C(=O)Nc4cc(C)c(Cl)cc4OC)C3)n2)cc1. The maximum Gasteiger partial charge on any atom is 0.324 e. The van der Waals surface area contributed by atoms with Gasteiger partial charge >= 0.3 is 6.01 Å². The van der Waals surface area contributed by atoms with Gasteiger partial charge in [-0.05, 0) is 55.7 Å². The molecule has 9 heteroatoms. The smallest absolute Gasteiger partial charge is 0.324 e. The van der Waals surface area contributed by atoms with E-state index in [-0.39, 0.29) is 11.8 Å². The minimum absolute atomic E-state index is 0.0791. The second-order valence-corrected chi connectivity index (χ2v) is 8.11. The molecule has 1 saturated heterocycles. The van der Waals surface area contributed by atoms with Crippen LogP contribution in [0.4, 0.5) is 11.7 Å². The Kier molecular flexibility index (Phi) is 6.50. The van der Waals surface area contributed by atoms with Gasteiger partial charge in [0.05, 0.1) is 25.8 Å². The molecule has 1 aromatic heterocycles. The fraction of sp³-hybridized carbons (Fsp3) is 0.348. The van der Waals surface area contributed by atoms with Crippen molar-refractivity contribution in [3.05, 3.63) is 47.0 Å². The minimum atomic E-state index is -0.222. The molecule has 0 spiro atoms. The van der Waals surface area contributed by atoms with Gasteiger partial charge in [0.2, 0.25) is 11.7 Å². The number of benzene rings is 2. The number of ether oxygens (including phenoxy) is 2. The van der Waals surface area contributed by atoms with Crippen LogP contribution in [-0.2, 0) is 4.79 Å². The van der Waals surface area contributed by atoms with Gasteiger partial charge in [-0.2, -0.15) is 4.98 Å². The number of hydrogen-bond donors (Lipinski definition) is 1. The number of rotatable bonds is 6. The van der Waals surface area contributed by atoms with E-state index in [2.05, 4.69) is 15.5 Å². The average Bonchev–Trinajstić information content (AvgIpc) is 3.32. The predicted molar refractivity (Wildman–Crippen MR) is 123 cm³/mol. The summed E-state index contributed by atoms with van der Waals surface area (Å²) < 4.78 is 16.0. The van der Waals surface area contributed by atoms with Crippen molar-refractivity contribution < 1.29 is 18.8 Å². The number of piperidine rings is 1. The highest BCUT2D eigenvalue weighted by atomic mass is 35.5. The largest absolute Gasteiger partial charge is 0.497 e. The zero-order valence-electron chi connectivity index (χ0n) is 18.2. The Morgan fingerprint density at radius 2 is 2.00 bits per heavy atom. The van der Waals surface area contributed by atoms with Crippen LogP contribution in [0, 0.1) is 12.8 Å². The maximum absolute atomic E-state index is 13.0. The van der Waals surface area contributed by atoms with Gasteiger partial charge in [0.1, 0.15) is 11.5 Å². The summed E-state index contributed by atoms with van der Waals surface area (Å²) in [4.78, 5) is 19.5. The van der Waals surface area contributed by atoms with Gasteiger partial charge in [-0.1, -0.05) is 16.8 Å². The highest BCUT2D eigenvalue weighted by molar-refractivity contribution is 6.31. The van der Waals surface area contributed by atoms with Crippen LogP contribution in [0.3, 0.4) is 0 Å². The molecule has 32 heavy (non-hydrogen) atoms. The highest BCUT2D eigenvalue weighted by Gasteiger charge is 2.29. The van der Waals surface area contributed by atoms with Gasteiger partial charge < -0.3 is 24.2 Å². The second-order valence-electron chi connectivity index (χ2n) is 7.71. The van der Waals surface area contributed by atoms with Crippen LogP contribution in [-0.4, -0.2) is 43.4 Å². The van der Waals surface area contributed by atoms with Gasteiger partial charge in [0.25, 0.3) is 0 Å². The number of halogens is 1. The van der Waals surface area contributed by atoms with Crippen molar-refractivity contribution in [2.24, 2.45) is 5.92 Å². The van der Waals surface area contributed by atoms with E-state index in [0.717, 1.165) is 36.3 Å². The number of hydrogen-bond acceptors (Lipinski definition) is 7. The van der Waals surface area contributed by atoms with E-state index in [0.29, 0.717) is 34.8 Å². The number of aryl methyl sites for hydroxylation is 1. The number of carbonyl (C=O) groups is 1. The standard InChI is InChI=1S/C23H25ClN4O4/c1-14-11-19(20(31-3)12-18(14)24)25-22(29)16-5-4-10-28(13-16)23-26-21(27-32-23)15-6-8-17(30-2)9-7-15/h6-9,11-12,16H,4-5,10,13H2,1-3H3,(H,25,29). The van der Waals surface area contributed by atoms with E-state index in [1.807, 2.05) is 42.2 Å². The van der Waals surface area contributed by atoms with Crippen molar-refractivity contribution in [3.8, 4) is 22.9 Å². The summed E-state index contributed by atoms with van der Waals surface area (Å²) in [5.74, 6) is 1.48. The molecule has 1 N–H and O–H groups in total. The summed E-state index contributed by atoms with van der Waals surface area (Å²) in [6.07, 6.45) is 1.62. The lowest BCUT2D eigenvalue weighted by atomic mass is 9.97. The Balaban J connectivity index is 1.45. The summed E-state index contributed by atoms with van der Waals surface area (Å²) >= 11 is 6.17. The van der Waals surface area contributed by atoms with Crippen molar-refractivity contribution in [3.63, 3.8) is 0 Å². The molecule has 3 aromatic rings. The van der Waals surface area contributed by atoms with Crippen LogP contribution >= 0.6 is 11.6 Å². The van der Waals surface area contributed by atoms with Gasteiger partial charge in [0.15, 0.2) is 0 Å². The number of nitrogens with zero attached hydrogens (tertiary/aromatic N) is 3. The number of nitrogens with one attached hydrogen (secondary N) is 1. The highest BCUT2D eigenvalue weighted by Crippen LogP contribution is 2.32. The first-order chi connectivity index (χ1) is 15.5. The molecular weight excluding hydrogens is 432 g/mol. The Labute approximate surface area is 191 Å². The first-order valence-corrected chi connectivity index (χ1v) is 10.7. The first-order valence-electron chi connectivity index (χ1n) is 10.4. The second kappa shape index (κ2) is 9.48. The Morgan fingerprint density at radius 1 is 1.22 bits per heavy atom. The lowest BCUT2D eigenvalue weighted by molar-refractivity contribution is -0.120. The first kappa shape index (κ1) is 22.0. The summed E-state index contributed by atoms with van der Waals surface area (Å²) in [5, 5.41) is 7.67. The quantitative estimate of drug-likeness (QED) is 0.581. The molecule has 1 aliphatic heterocycles. The molecule has 0 saturated carbocycles. The fourth-order valence-corrected chi connectivity index (χ4v) is 3.88. The summed E-state index contributed by atoms with van der Waals surface area (Å²) in [6, 6.07) is 11.4. The molecule has 1 atom stereocenters. The van der Waals surface area contributed by atoms with Crippen LogP contribution in [0.1, 0.15) is 18.4 Å². The molecule has 0 aliphatic carbocycles. The molecule has 4 rings (SSSR count). The van der Waals surface area contributed by atoms with Crippen molar-refractivity contribution >= 4 is 29.2 Å². The lowest BCUT2D eigenvalue weighted by Gasteiger charge is -2.30. The molecule has 168 valence electrons.